The number of urea groups is 1. The van der Waals surface area contributed by atoms with E-state index in [1.165, 1.54) is 14.9 Å². The number of fused-ring (bicyclic) bond motifs is 2. The highest BCUT2D eigenvalue weighted by Crippen LogP contribution is 2.30. The van der Waals surface area contributed by atoms with Crippen molar-refractivity contribution in [2.75, 3.05) is 19.6 Å². The van der Waals surface area contributed by atoms with Crippen LogP contribution in [0.3, 0.4) is 0 Å². The van der Waals surface area contributed by atoms with Crippen LogP contribution in [-0.4, -0.2) is 82.0 Å². The van der Waals surface area contributed by atoms with Crippen molar-refractivity contribution >= 4 is 23.8 Å². The number of rotatable bonds is 9. The van der Waals surface area contributed by atoms with Gasteiger partial charge in [-0.1, -0.05) is 43.2 Å². The quantitative estimate of drug-likeness (QED) is 0.542. The van der Waals surface area contributed by atoms with Crippen LogP contribution in [0.15, 0.2) is 30.3 Å². The van der Waals surface area contributed by atoms with Crippen LogP contribution in [0.25, 0.3) is 0 Å². The molecule has 37 heavy (non-hydrogen) atoms. The number of amides is 4. The van der Waals surface area contributed by atoms with E-state index in [9.17, 15) is 19.2 Å². The Morgan fingerprint density at radius 3 is 2.43 bits per heavy atom. The largest absolute Gasteiger partial charge is 0.444 e. The lowest BCUT2D eigenvalue weighted by Crippen LogP contribution is -2.51. The summed E-state index contributed by atoms with van der Waals surface area (Å²) in [6.45, 7) is 5.74. The fourth-order valence-electron chi connectivity index (χ4n) is 5.22. The van der Waals surface area contributed by atoms with Crippen molar-refractivity contribution in [1.29, 1.82) is 0 Å². The lowest BCUT2D eigenvalue weighted by atomic mass is 10.0. The third-order valence-corrected chi connectivity index (χ3v) is 7.04. The van der Waals surface area contributed by atoms with Crippen LogP contribution < -0.4 is 5.32 Å². The predicted octanol–water partition coefficient (Wildman–Crippen LogP) is 3.25. The molecule has 10 heteroatoms. The number of benzene rings is 1. The number of nitrogens with zero attached hydrogens (tertiary/aromatic N) is 3. The highest BCUT2D eigenvalue weighted by molar-refractivity contribution is 5.93. The van der Waals surface area contributed by atoms with Gasteiger partial charge in [-0.2, -0.15) is 5.06 Å². The molecule has 3 fully saturated rings. The Labute approximate surface area is 218 Å². The molecule has 0 aromatic heterocycles. The van der Waals surface area contributed by atoms with E-state index in [-0.39, 0.29) is 49.5 Å². The molecule has 2 aliphatic heterocycles. The molecule has 1 aliphatic carbocycles. The van der Waals surface area contributed by atoms with Crippen LogP contribution in [0.2, 0.25) is 0 Å². The smallest absolute Gasteiger partial charge is 0.410 e. The summed E-state index contributed by atoms with van der Waals surface area (Å²) in [7, 11) is 0. The first-order chi connectivity index (χ1) is 17.6. The van der Waals surface area contributed by atoms with E-state index in [0.717, 1.165) is 31.2 Å². The van der Waals surface area contributed by atoms with Gasteiger partial charge in [0.15, 0.2) is 5.78 Å². The number of piperidine rings is 1. The summed E-state index contributed by atoms with van der Waals surface area (Å²) in [6.07, 6.45) is 4.31. The lowest BCUT2D eigenvalue weighted by molar-refractivity contribution is -0.140. The maximum atomic E-state index is 13.0. The zero-order valence-electron chi connectivity index (χ0n) is 22.0. The third kappa shape index (κ3) is 6.80. The predicted molar refractivity (Wildman–Crippen MR) is 135 cm³/mol. The summed E-state index contributed by atoms with van der Waals surface area (Å²) < 4.78 is 5.52. The van der Waals surface area contributed by atoms with Gasteiger partial charge in [0, 0.05) is 12.6 Å². The molecule has 10 nitrogen and oxygen atoms in total. The van der Waals surface area contributed by atoms with Crippen LogP contribution in [-0.2, 0) is 25.8 Å². The fourth-order valence-corrected chi connectivity index (χ4v) is 5.22. The second-order valence-electron chi connectivity index (χ2n) is 11.1. The van der Waals surface area contributed by atoms with Crippen LogP contribution in [0.4, 0.5) is 9.59 Å². The molecule has 0 unspecified atom stereocenters. The van der Waals surface area contributed by atoms with E-state index in [1.54, 1.807) is 20.8 Å². The molecule has 2 heterocycles. The number of carbonyl (C=O) groups is 4. The minimum atomic E-state index is -0.662. The SMILES string of the molecule is CC(C)(C)OC(=O)N(CC(=O)CNC(=O)[C@@H]1CC[C@@H]2CN1C(=O)N2OCc1ccccc1)C1CCCC1. The van der Waals surface area contributed by atoms with Gasteiger partial charge >= 0.3 is 12.1 Å². The van der Waals surface area contributed by atoms with Crippen molar-refractivity contribution in [3.05, 3.63) is 35.9 Å². The highest BCUT2D eigenvalue weighted by Gasteiger charge is 2.48. The number of nitrogens with one attached hydrogen (secondary N) is 1. The van der Waals surface area contributed by atoms with E-state index in [4.69, 9.17) is 9.57 Å². The van der Waals surface area contributed by atoms with Crippen molar-refractivity contribution in [3.8, 4) is 0 Å². The van der Waals surface area contributed by atoms with E-state index >= 15 is 0 Å². The van der Waals surface area contributed by atoms with Crippen LogP contribution in [0.1, 0.15) is 64.9 Å². The van der Waals surface area contributed by atoms with Crippen molar-refractivity contribution in [2.45, 2.75) is 89.6 Å². The molecule has 2 atom stereocenters. The van der Waals surface area contributed by atoms with Crippen LogP contribution in [0.5, 0.6) is 0 Å². The first-order valence-corrected chi connectivity index (χ1v) is 13.2. The normalized spacial score (nSPS) is 21.8. The van der Waals surface area contributed by atoms with Gasteiger partial charge in [-0.25, -0.2) is 9.59 Å². The van der Waals surface area contributed by atoms with Crippen molar-refractivity contribution in [2.24, 2.45) is 0 Å². The molecule has 2 bridgehead atoms. The molecule has 1 N–H and O–H groups in total. The first-order valence-electron chi connectivity index (χ1n) is 13.2. The Morgan fingerprint density at radius 1 is 1.05 bits per heavy atom. The topological polar surface area (TPSA) is 108 Å². The van der Waals surface area contributed by atoms with Gasteiger partial charge in [-0.3, -0.25) is 19.3 Å². The van der Waals surface area contributed by atoms with Crippen molar-refractivity contribution in [3.63, 3.8) is 0 Å². The Balaban J connectivity index is 1.29. The maximum absolute atomic E-state index is 13.0. The van der Waals surface area contributed by atoms with Gasteiger partial charge in [-0.15, -0.1) is 0 Å². The van der Waals surface area contributed by atoms with Crippen LogP contribution >= 0.6 is 0 Å². The number of carbonyl (C=O) groups excluding carboxylic acids is 4. The molecule has 0 spiro atoms. The summed E-state index contributed by atoms with van der Waals surface area (Å²) in [5, 5.41) is 4.07. The number of ether oxygens (including phenoxy) is 1. The van der Waals surface area contributed by atoms with E-state index in [0.29, 0.717) is 19.4 Å². The van der Waals surface area contributed by atoms with Crippen molar-refractivity contribution in [1.82, 2.24) is 20.2 Å². The molecule has 0 radical (unpaired) electrons. The molecule has 4 amide bonds. The molecule has 1 aromatic carbocycles. The second kappa shape index (κ2) is 11.5. The van der Waals surface area contributed by atoms with E-state index < -0.39 is 17.7 Å². The monoisotopic (exact) mass is 514 g/mol. The summed E-state index contributed by atoms with van der Waals surface area (Å²) >= 11 is 0. The van der Waals surface area contributed by atoms with Gasteiger partial charge in [0.05, 0.1) is 19.1 Å². The molecule has 2 saturated heterocycles. The third-order valence-electron chi connectivity index (χ3n) is 7.04. The van der Waals surface area contributed by atoms with Gasteiger partial charge < -0.3 is 15.0 Å². The molecular weight excluding hydrogens is 476 g/mol. The van der Waals surface area contributed by atoms with Gasteiger partial charge in [0.2, 0.25) is 5.91 Å². The Bertz CT molecular complexity index is 988. The zero-order chi connectivity index (χ0) is 26.6. The Hall–Kier alpha value is -3.14. The summed E-state index contributed by atoms with van der Waals surface area (Å²) in [5.74, 6) is -0.643. The number of hydrogen-bond acceptors (Lipinski definition) is 6. The summed E-state index contributed by atoms with van der Waals surface area (Å²) in [6, 6.07) is 8.48. The molecular formula is C27H38N4O6. The molecule has 3 aliphatic rings. The highest BCUT2D eigenvalue weighted by atomic mass is 16.7. The first kappa shape index (κ1) is 26.9. The standard InChI is InChI=1S/C27H38N4O6/c1-27(2,3)37-26(35)29(20-11-7-8-12-20)17-22(32)15-28-24(33)23-14-13-21-16-30(23)25(34)31(21)36-18-19-9-5-4-6-10-19/h4-6,9-10,20-21,23H,7-8,11-18H2,1-3H3,(H,28,33)/t21-,23+/m1/s1. The van der Waals surface area contributed by atoms with Crippen LogP contribution in [0, 0.1) is 0 Å². The Morgan fingerprint density at radius 2 is 1.76 bits per heavy atom. The van der Waals surface area contributed by atoms with E-state index in [1.807, 2.05) is 30.3 Å². The Kier molecular flexibility index (Phi) is 8.36. The average molecular weight is 515 g/mol. The van der Waals surface area contributed by atoms with Gasteiger partial charge in [-0.05, 0) is 52.0 Å². The zero-order valence-corrected chi connectivity index (χ0v) is 22.0. The summed E-state index contributed by atoms with van der Waals surface area (Å²) in [4.78, 5) is 60.3. The maximum Gasteiger partial charge on any atom is 0.410 e. The average Bonchev–Trinajstić information content (AvgIpc) is 3.47. The molecule has 202 valence electrons. The number of ketones is 1. The molecule has 1 saturated carbocycles. The van der Waals surface area contributed by atoms with E-state index in [2.05, 4.69) is 5.32 Å². The number of Topliss-reactive ketones (excluding diaryl/α,β-unsaturated/α-hetero) is 1. The van der Waals surface area contributed by atoms with Crippen molar-refractivity contribution < 1.29 is 28.8 Å². The number of hydroxylamine groups is 2. The lowest BCUT2D eigenvalue weighted by Gasteiger charge is -2.31. The molecule has 4 rings (SSSR count). The second-order valence-corrected chi connectivity index (χ2v) is 11.1. The number of hydrogen-bond donors (Lipinski definition) is 1. The van der Waals surface area contributed by atoms with Gasteiger partial charge in [0.25, 0.3) is 0 Å². The fraction of sp³-hybridized carbons (Fsp3) is 0.630. The molecule has 1 aromatic rings. The minimum Gasteiger partial charge on any atom is -0.444 e. The van der Waals surface area contributed by atoms with Gasteiger partial charge in [0.1, 0.15) is 18.2 Å². The minimum absolute atomic E-state index is 0.0335. The summed E-state index contributed by atoms with van der Waals surface area (Å²) in [5.41, 5.74) is 0.294.